The van der Waals surface area contributed by atoms with Crippen LogP contribution in [0.15, 0.2) is 67.4 Å². The Morgan fingerprint density at radius 2 is 1.86 bits per heavy atom. The summed E-state index contributed by atoms with van der Waals surface area (Å²) in [4.78, 5) is 12.0. The summed E-state index contributed by atoms with van der Waals surface area (Å²) in [6, 6.07) is 14.8. The van der Waals surface area contributed by atoms with Gasteiger partial charge in [0.1, 0.15) is 6.61 Å². The van der Waals surface area contributed by atoms with Crippen molar-refractivity contribution in [3.8, 4) is 11.5 Å². The minimum atomic E-state index is -0.447. The molecule has 2 aromatic carbocycles. The molecule has 1 aliphatic rings. The number of nitrogens with zero attached hydrogens (tertiary/aromatic N) is 3. The summed E-state index contributed by atoms with van der Waals surface area (Å²) in [5, 5.41) is 8.53. The van der Waals surface area contributed by atoms with E-state index in [4.69, 9.17) is 18.3 Å². The molecule has 0 saturated carbocycles. The zero-order valence-electron chi connectivity index (χ0n) is 14.6. The van der Waals surface area contributed by atoms with Gasteiger partial charge in [-0.2, -0.15) is 0 Å². The van der Waals surface area contributed by atoms with E-state index in [1.807, 2.05) is 42.5 Å². The van der Waals surface area contributed by atoms with Crippen LogP contribution in [-0.4, -0.2) is 27.1 Å². The van der Waals surface area contributed by atoms with Crippen molar-refractivity contribution < 1.29 is 18.3 Å². The van der Waals surface area contributed by atoms with Crippen molar-refractivity contribution in [3.63, 3.8) is 0 Å². The maximum atomic E-state index is 12.0. The second-order valence-corrected chi connectivity index (χ2v) is 7.15. The number of fused-ring (bicyclic) bond motifs is 2. The Morgan fingerprint density at radius 1 is 1.04 bits per heavy atom. The summed E-state index contributed by atoms with van der Waals surface area (Å²) >= 11 is 1.37. The lowest BCUT2D eigenvalue weighted by Crippen LogP contribution is -2.21. The molecule has 0 radical (unpaired) electrons. The van der Waals surface area contributed by atoms with Gasteiger partial charge >= 0.3 is 5.76 Å². The van der Waals surface area contributed by atoms with Gasteiger partial charge in [0.25, 0.3) is 11.1 Å². The van der Waals surface area contributed by atoms with Gasteiger partial charge in [0.2, 0.25) is 6.10 Å². The zero-order chi connectivity index (χ0) is 18.9. The van der Waals surface area contributed by atoms with Gasteiger partial charge in [-0.3, -0.25) is 4.57 Å². The molecule has 1 aliphatic heterocycles. The molecule has 0 amide bonds. The van der Waals surface area contributed by atoms with Crippen molar-refractivity contribution in [2.24, 2.45) is 0 Å². The first-order valence-corrected chi connectivity index (χ1v) is 9.69. The van der Waals surface area contributed by atoms with Crippen LogP contribution < -0.4 is 15.2 Å². The molecule has 0 N–H and O–H groups in total. The molecule has 1 atom stereocenters. The third-order valence-electron chi connectivity index (χ3n) is 4.32. The molecule has 0 aliphatic carbocycles. The molecule has 5 rings (SSSR count). The smallest absolute Gasteiger partial charge is 0.419 e. The van der Waals surface area contributed by atoms with E-state index in [0.717, 1.165) is 5.52 Å². The number of aryl methyl sites for hydroxylation is 1. The van der Waals surface area contributed by atoms with E-state index < -0.39 is 6.10 Å². The minimum Gasteiger partial charge on any atom is -0.485 e. The largest absolute Gasteiger partial charge is 0.485 e. The van der Waals surface area contributed by atoms with Crippen molar-refractivity contribution in [2.45, 2.75) is 17.9 Å². The Hall–Kier alpha value is -3.20. The first kappa shape index (κ1) is 16.9. The summed E-state index contributed by atoms with van der Waals surface area (Å²) in [6.45, 7) is 0.772. The van der Waals surface area contributed by atoms with Crippen LogP contribution in [0.4, 0.5) is 0 Å². The monoisotopic (exact) mass is 397 g/mol. The highest BCUT2D eigenvalue weighted by Crippen LogP contribution is 2.35. The molecule has 9 heteroatoms. The highest BCUT2D eigenvalue weighted by atomic mass is 32.2. The third-order valence-corrected chi connectivity index (χ3v) is 5.12. The number of hydrogen-bond acceptors (Lipinski definition) is 8. The molecule has 142 valence electrons. The standard InChI is InChI=1S/C19H15N3O5S/c23-19-22(12-5-1-2-6-13(12)26-19)9-10-28-18-21-20-17(27-18)16-11-24-14-7-3-4-8-15(14)25-16/h1-8,16H,9-11H2. The fraction of sp³-hybridized carbons (Fsp3) is 0.211. The van der Waals surface area contributed by atoms with Crippen LogP contribution in [0.25, 0.3) is 11.1 Å². The highest BCUT2D eigenvalue weighted by molar-refractivity contribution is 7.99. The maximum absolute atomic E-state index is 12.0. The van der Waals surface area contributed by atoms with E-state index in [2.05, 4.69) is 10.2 Å². The van der Waals surface area contributed by atoms with Crippen LogP contribution in [0.3, 0.4) is 0 Å². The molecule has 2 aromatic heterocycles. The lowest BCUT2D eigenvalue weighted by atomic mass is 10.2. The van der Waals surface area contributed by atoms with E-state index in [1.54, 1.807) is 10.6 Å². The summed E-state index contributed by atoms with van der Waals surface area (Å²) < 4.78 is 24.1. The Balaban J connectivity index is 1.24. The molecular weight excluding hydrogens is 382 g/mol. The number of benzene rings is 2. The van der Waals surface area contributed by atoms with Crippen molar-refractivity contribution in [1.29, 1.82) is 0 Å². The second-order valence-electron chi connectivity index (χ2n) is 6.11. The average Bonchev–Trinajstić information content (AvgIpc) is 3.32. The minimum absolute atomic E-state index is 0.305. The van der Waals surface area contributed by atoms with E-state index in [-0.39, 0.29) is 5.76 Å². The average molecular weight is 397 g/mol. The number of ether oxygens (including phenoxy) is 2. The van der Waals surface area contributed by atoms with Gasteiger partial charge in [-0.15, -0.1) is 10.2 Å². The topological polar surface area (TPSA) is 92.5 Å². The van der Waals surface area contributed by atoms with E-state index in [0.29, 0.717) is 47.1 Å². The third kappa shape index (κ3) is 3.13. The van der Waals surface area contributed by atoms with Gasteiger partial charge in [-0.05, 0) is 24.3 Å². The van der Waals surface area contributed by atoms with E-state index >= 15 is 0 Å². The van der Waals surface area contributed by atoms with E-state index in [9.17, 15) is 4.79 Å². The van der Waals surface area contributed by atoms with Crippen molar-refractivity contribution >= 4 is 22.9 Å². The molecule has 0 fully saturated rings. The molecule has 4 aromatic rings. The Bertz CT molecular complexity index is 1180. The zero-order valence-corrected chi connectivity index (χ0v) is 15.4. The molecule has 0 spiro atoms. The summed E-state index contributed by atoms with van der Waals surface area (Å²) in [5.74, 6) is 1.92. The van der Waals surface area contributed by atoms with E-state index in [1.165, 1.54) is 11.8 Å². The fourth-order valence-corrected chi connectivity index (χ4v) is 3.69. The molecule has 0 bridgehead atoms. The van der Waals surface area contributed by atoms with Gasteiger partial charge in [0.15, 0.2) is 17.1 Å². The predicted octanol–water partition coefficient (Wildman–Crippen LogP) is 3.28. The van der Waals surface area contributed by atoms with Crippen LogP contribution in [0, 0.1) is 0 Å². The Morgan fingerprint density at radius 3 is 2.79 bits per heavy atom. The molecule has 3 heterocycles. The number of aromatic nitrogens is 3. The van der Waals surface area contributed by atoms with Crippen LogP contribution >= 0.6 is 11.8 Å². The molecule has 0 saturated heterocycles. The summed E-state index contributed by atoms with van der Waals surface area (Å²) in [6.07, 6.45) is -0.447. The normalized spacial score (nSPS) is 15.8. The van der Waals surface area contributed by atoms with Crippen LogP contribution in [-0.2, 0) is 6.54 Å². The summed E-state index contributed by atoms with van der Waals surface area (Å²) in [5.41, 5.74) is 1.35. The molecule has 8 nitrogen and oxygen atoms in total. The van der Waals surface area contributed by atoms with Gasteiger partial charge in [-0.1, -0.05) is 36.0 Å². The van der Waals surface area contributed by atoms with Gasteiger partial charge in [0, 0.05) is 12.3 Å². The quantitative estimate of drug-likeness (QED) is 0.474. The molecule has 28 heavy (non-hydrogen) atoms. The first-order chi connectivity index (χ1) is 13.8. The lowest BCUT2D eigenvalue weighted by Gasteiger charge is -2.23. The second kappa shape index (κ2) is 7.08. The Labute approximate surface area is 163 Å². The maximum Gasteiger partial charge on any atom is 0.419 e. The first-order valence-electron chi connectivity index (χ1n) is 8.71. The number of thioether (sulfide) groups is 1. The number of para-hydroxylation sites is 4. The SMILES string of the molecule is O=c1oc2ccccc2n1CCSc1nnc(C2COc3ccccc3O2)o1. The number of rotatable bonds is 5. The van der Waals surface area contributed by atoms with Crippen molar-refractivity contribution in [3.05, 3.63) is 65.0 Å². The van der Waals surface area contributed by atoms with Crippen LogP contribution in [0.1, 0.15) is 12.0 Å². The summed E-state index contributed by atoms with van der Waals surface area (Å²) in [7, 11) is 0. The number of hydrogen-bond donors (Lipinski definition) is 0. The lowest BCUT2D eigenvalue weighted by molar-refractivity contribution is 0.0686. The van der Waals surface area contributed by atoms with Crippen LogP contribution in [0.2, 0.25) is 0 Å². The number of oxazole rings is 1. The predicted molar refractivity (Wildman–Crippen MR) is 101 cm³/mol. The van der Waals surface area contributed by atoms with Gasteiger partial charge in [0.05, 0.1) is 5.52 Å². The van der Waals surface area contributed by atoms with Gasteiger partial charge in [-0.25, -0.2) is 4.79 Å². The highest BCUT2D eigenvalue weighted by Gasteiger charge is 2.27. The Kier molecular flexibility index (Phi) is 4.28. The van der Waals surface area contributed by atoms with Crippen molar-refractivity contribution in [1.82, 2.24) is 14.8 Å². The fourth-order valence-electron chi connectivity index (χ4n) is 3.00. The van der Waals surface area contributed by atoms with Gasteiger partial charge < -0.3 is 18.3 Å². The van der Waals surface area contributed by atoms with Crippen LogP contribution in [0.5, 0.6) is 11.5 Å². The molecular formula is C19H15N3O5S. The molecule has 1 unspecified atom stereocenters. The van der Waals surface area contributed by atoms with Crippen molar-refractivity contribution in [2.75, 3.05) is 12.4 Å².